The second-order valence-corrected chi connectivity index (χ2v) is 7.08. The van der Waals surface area contributed by atoms with Crippen LogP contribution in [0.2, 0.25) is 0 Å². The van der Waals surface area contributed by atoms with Gasteiger partial charge in [-0.05, 0) is 55.3 Å². The molecular formula is C25H22N2O2. The van der Waals surface area contributed by atoms with E-state index in [0.29, 0.717) is 11.5 Å². The number of nitrogens with zero attached hydrogens (tertiary/aromatic N) is 2. The monoisotopic (exact) mass is 382 g/mol. The molecule has 0 spiro atoms. The van der Waals surface area contributed by atoms with Gasteiger partial charge in [-0.25, -0.2) is 4.99 Å². The summed E-state index contributed by atoms with van der Waals surface area (Å²) in [6.07, 6.45) is 1.81. The number of methoxy groups -OCH3 is 1. The first-order chi connectivity index (χ1) is 14.0. The van der Waals surface area contributed by atoms with Gasteiger partial charge in [0.05, 0.1) is 12.8 Å². The van der Waals surface area contributed by atoms with Crippen molar-refractivity contribution in [2.75, 3.05) is 12.0 Å². The lowest BCUT2D eigenvalue weighted by Crippen LogP contribution is -2.32. The first kappa shape index (κ1) is 18.7. The van der Waals surface area contributed by atoms with E-state index in [1.54, 1.807) is 12.0 Å². The maximum atomic E-state index is 13.3. The molecule has 0 N–H and O–H groups in total. The van der Waals surface area contributed by atoms with Gasteiger partial charge in [0.2, 0.25) is 0 Å². The topological polar surface area (TPSA) is 41.9 Å². The molecular weight excluding hydrogens is 360 g/mol. The van der Waals surface area contributed by atoms with E-state index in [-0.39, 0.29) is 5.91 Å². The molecule has 1 aliphatic rings. The van der Waals surface area contributed by atoms with Crippen LogP contribution in [0, 0.1) is 13.8 Å². The largest absolute Gasteiger partial charge is 0.497 e. The van der Waals surface area contributed by atoms with Crippen LogP contribution in [0.3, 0.4) is 0 Å². The summed E-state index contributed by atoms with van der Waals surface area (Å²) in [4.78, 5) is 19.7. The fourth-order valence-corrected chi connectivity index (χ4v) is 3.28. The Labute approximate surface area is 170 Å². The number of hydrogen-bond donors (Lipinski definition) is 0. The second kappa shape index (κ2) is 7.76. The van der Waals surface area contributed by atoms with E-state index in [9.17, 15) is 4.79 Å². The fourth-order valence-electron chi connectivity index (χ4n) is 3.28. The third kappa shape index (κ3) is 3.83. The summed E-state index contributed by atoms with van der Waals surface area (Å²) in [6.45, 7) is 4.06. The van der Waals surface area contributed by atoms with Crippen molar-refractivity contribution in [3.63, 3.8) is 0 Å². The van der Waals surface area contributed by atoms with Gasteiger partial charge in [-0.2, -0.15) is 0 Å². The Hall–Kier alpha value is -3.66. The number of amides is 1. The number of aryl methyl sites for hydroxylation is 2. The molecule has 0 fully saturated rings. The zero-order valence-corrected chi connectivity index (χ0v) is 16.7. The smallest absolute Gasteiger partial charge is 0.282 e. The standard InChI is InChI=1S/C25H22N2O2/c1-17-7-11-20(12-8-17)24-26-23(16-19-9-13-22(29-3)14-10-19)25(28)27(24)21-6-4-5-18(2)15-21/h4-16H,1-3H3/b23-16+. The predicted molar refractivity (Wildman–Crippen MR) is 117 cm³/mol. The van der Waals surface area contributed by atoms with Gasteiger partial charge in [-0.3, -0.25) is 9.69 Å². The lowest BCUT2D eigenvalue weighted by atomic mass is 10.1. The predicted octanol–water partition coefficient (Wildman–Crippen LogP) is 5.15. The highest BCUT2D eigenvalue weighted by atomic mass is 16.5. The molecule has 3 aromatic carbocycles. The number of carbonyl (C=O) groups excluding carboxylic acids is 1. The van der Waals surface area contributed by atoms with Crippen LogP contribution in [0.4, 0.5) is 5.69 Å². The van der Waals surface area contributed by atoms with Crippen molar-refractivity contribution in [2.24, 2.45) is 4.99 Å². The number of anilines is 1. The van der Waals surface area contributed by atoms with Crippen molar-refractivity contribution in [3.05, 3.63) is 101 Å². The molecule has 0 atom stereocenters. The average Bonchev–Trinajstić information content (AvgIpc) is 3.05. The number of hydrogen-bond acceptors (Lipinski definition) is 3. The third-order valence-electron chi connectivity index (χ3n) is 4.85. The molecule has 0 aromatic heterocycles. The molecule has 29 heavy (non-hydrogen) atoms. The van der Waals surface area contributed by atoms with Gasteiger partial charge in [0.25, 0.3) is 5.91 Å². The number of rotatable bonds is 4. The molecule has 0 bridgehead atoms. The highest BCUT2D eigenvalue weighted by Gasteiger charge is 2.32. The maximum absolute atomic E-state index is 13.3. The van der Waals surface area contributed by atoms with Gasteiger partial charge < -0.3 is 4.74 Å². The number of benzene rings is 3. The van der Waals surface area contributed by atoms with Crippen molar-refractivity contribution < 1.29 is 9.53 Å². The molecule has 4 rings (SSSR count). The van der Waals surface area contributed by atoms with E-state index in [0.717, 1.165) is 33.7 Å². The van der Waals surface area contributed by atoms with Crippen LogP contribution in [-0.2, 0) is 4.79 Å². The summed E-state index contributed by atoms with van der Waals surface area (Å²) in [6, 6.07) is 23.5. The van der Waals surface area contributed by atoms with Crippen LogP contribution >= 0.6 is 0 Å². The van der Waals surface area contributed by atoms with E-state index in [2.05, 4.69) is 0 Å². The van der Waals surface area contributed by atoms with Gasteiger partial charge in [0.15, 0.2) is 0 Å². The molecule has 0 saturated heterocycles. The molecule has 144 valence electrons. The molecule has 3 aromatic rings. The van der Waals surface area contributed by atoms with E-state index in [4.69, 9.17) is 9.73 Å². The summed E-state index contributed by atoms with van der Waals surface area (Å²) in [5.74, 6) is 1.28. The first-order valence-corrected chi connectivity index (χ1v) is 9.48. The SMILES string of the molecule is COc1ccc(/C=C2/N=C(c3ccc(C)cc3)N(c3cccc(C)c3)C2=O)cc1. The molecule has 4 nitrogen and oxygen atoms in total. The Morgan fingerprint density at radius 1 is 0.897 bits per heavy atom. The van der Waals surface area contributed by atoms with Gasteiger partial charge in [-0.15, -0.1) is 0 Å². The highest BCUT2D eigenvalue weighted by molar-refractivity contribution is 6.33. The minimum Gasteiger partial charge on any atom is -0.497 e. The first-order valence-electron chi connectivity index (χ1n) is 9.48. The second-order valence-electron chi connectivity index (χ2n) is 7.08. The van der Waals surface area contributed by atoms with E-state index in [1.165, 1.54) is 0 Å². The van der Waals surface area contributed by atoms with E-state index >= 15 is 0 Å². The molecule has 1 amide bonds. The Morgan fingerprint density at radius 3 is 2.28 bits per heavy atom. The summed E-state index contributed by atoms with van der Waals surface area (Å²) in [7, 11) is 1.63. The molecule has 1 heterocycles. The van der Waals surface area contributed by atoms with Crippen LogP contribution in [-0.4, -0.2) is 18.9 Å². The Morgan fingerprint density at radius 2 is 1.62 bits per heavy atom. The normalized spacial score (nSPS) is 15.0. The van der Waals surface area contributed by atoms with Crippen molar-refractivity contribution >= 4 is 23.5 Å². The zero-order valence-electron chi connectivity index (χ0n) is 16.7. The van der Waals surface area contributed by atoms with Gasteiger partial charge in [0.1, 0.15) is 17.3 Å². The molecule has 0 saturated carbocycles. The van der Waals surface area contributed by atoms with Crippen molar-refractivity contribution in [2.45, 2.75) is 13.8 Å². The number of amidine groups is 1. The third-order valence-corrected chi connectivity index (χ3v) is 4.85. The summed E-state index contributed by atoms with van der Waals surface area (Å²) in [5, 5.41) is 0. The Balaban J connectivity index is 1.80. The Bertz CT molecular complexity index is 1110. The van der Waals surface area contributed by atoms with Gasteiger partial charge >= 0.3 is 0 Å². The summed E-state index contributed by atoms with van der Waals surface area (Å²) < 4.78 is 5.21. The fraction of sp³-hybridized carbons (Fsp3) is 0.120. The Kier molecular flexibility index (Phi) is 5.00. The van der Waals surface area contributed by atoms with Crippen LogP contribution in [0.25, 0.3) is 6.08 Å². The van der Waals surface area contributed by atoms with Crippen LogP contribution < -0.4 is 9.64 Å². The van der Waals surface area contributed by atoms with Gasteiger partial charge in [-0.1, -0.05) is 54.1 Å². The zero-order chi connectivity index (χ0) is 20.4. The highest BCUT2D eigenvalue weighted by Crippen LogP contribution is 2.28. The molecule has 0 aliphatic carbocycles. The van der Waals surface area contributed by atoms with Gasteiger partial charge in [0, 0.05) is 5.56 Å². The molecule has 4 heteroatoms. The van der Waals surface area contributed by atoms with E-state index < -0.39 is 0 Å². The number of carbonyl (C=O) groups is 1. The van der Waals surface area contributed by atoms with Crippen LogP contribution in [0.15, 0.2) is 83.5 Å². The molecule has 0 radical (unpaired) electrons. The van der Waals surface area contributed by atoms with Crippen molar-refractivity contribution in [1.29, 1.82) is 0 Å². The lowest BCUT2D eigenvalue weighted by molar-refractivity contribution is -0.113. The number of ether oxygens (including phenoxy) is 1. The molecule has 1 aliphatic heterocycles. The van der Waals surface area contributed by atoms with Crippen LogP contribution in [0.5, 0.6) is 5.75 Å². The number of aliphatic imine (C=N–C) groups is 1. The van der Waals surface area contributed by atoms with Crippen LogP contribution in [0.1, 0.15) is 22.3 Å². The van der Waals surface area contributed by atoms with E-state index in [1.807, 2.05) is 92.7 Å². The maximum Gasteiger partial charge on any atom is 0.282 e. The minimum absolute atomic E-state index is 0.137. The molecule has 0 unspecified atom stereocenters. The van der Waals surface area contributed by atoms with Crippen molar-refractivity contribution in [3.8, 4) is 5.75 Å². The summed E-state index contributed by atoms with van der Waals surface area (Å²) in [5.41, 5.74) is 5.27. The van der Waals surface area contributed by atoms with Crippen molar-refractivity contribution in [1.82, 2.24) is 0 Å². The minimum atomic E-state index is -0.137. The lowest BCUT2D eigenvalue weighted by Gasteiger charge is -2.19. The quantitative estimate of drug-likeness (QED) is 0.586. The average molecular weight is 382 g/mol. The summed E-state index contributed by atoms with van der Waals surface area (Å²) >= 11 is 0.